The van der Waals surface area contributed by atoms with E-state index in [0.29, 0.717) is 6.42 Å². The summed E-state index contributed by atoms with van der Waals surface area (Å²) < 4.78 is 0. The van der Waals surface area contributed by atoms with E-state index in [4.69, 9.17) is 0 Å². The molecule has 1 atom stereocenters. The fourth-order valence-electron chi connectivity index (χ4n) is 2.47. The van der Waals surface area contributed by atoms with Crippen LogP contribution in [0.25, 0.3) is 0 Å². The minimum atomic E-state index is 0.0268. The lowest BCUT2D eigenvalue weighted by molar-refractivity contribution is -0.132. The van der Waals surface area contributed by atoms with Crippen LogP contribution in [-0.4, -0.2) is 41.4 Å². The van der Waals surface area contributed by atoms with Gasteiger partial charge in [0.15, 0.2) is 0 Å². The predicted molar refractivity (Wildman–Crippen MR) is 73.7 cm³/mol. The van der Waals surface area contributed by atoms with Crippen molar-refractivity contribution in [2.24, 2.45) is 0 Å². The largest absolute Gasteiger partial charge is 0.394 e. The van der Waals surface area contributed by atoms with E-state index in [-0.39, 0.29) is 18.6 Å². The Morgan fingerprint density at radius 1 is 1.50 bits per heavy atom. The number of nitrogens with zero attached hydrogens (tertiary/aromatic N) is 1. The average Bonchev–Trinajstić information content (AvgIpc) is 2.87. The molecule has 2 rings (SSSR count). The van der Waals surface area contributed by atoms with Gasteiger partial charge in [-0.05, 0) is 30.7 Å². The van der Waals surface area contributed by atoms with Gasteiger partial charge in [0.2, 0.25) is 5.91 Å². The van der Waals surface area contributed by atoms with Crippen LogP contribution in [0, 0.1) is 0 Å². The monoisotopic (exact) mass is 265 g/mol. The molecule has 1 unspecified atom stereocenters. The third kappa shape index (κ3) is 2.87. The van der Waals surface area contributed by atoms with Gasteiger partial charge < -0.3 is 10.0 Å². The number of aliphatic hydroxyl groups is 1. The SMILES string of the molecule is CSc1ccccc1CC(=O)N1CCCC1CO. The molecular weight excluding hydrogens is 246 g/mol. The summed E-state index contributed by atoms with van der Waals surface area (Å²) in [5.41, 5.74) is 1.08. The molecular formula is C14H19NO2S. The maximum Gasteiger partial charge on any atom is 0.227 e. The predicted octanol–water partition coefficient (Wildman–Crippen LogP) is 1.93. The van der Waals surface area contributed by atoms with Gasteiger partial charge in [0, 0.05) is 11.4 Å². The Morgan fingerprint density at radius 2 is 2.28 bits per heavy atom. The Bertz CT molecular complexity index is 422. The van der Waals surface area contributed by atoms with E-state index < -0.39 is 0 Å². The second-order valence-electron chi connectivity index (χ2n) is 4.55. The van der Waals surface area contributed by atoms with Gasteiger partial charge in [-0.3, -0.25) is 4.79 Å². The van der Waals surface area contributed by atoms with Crippen molar-refractivity contribution in [1.82, 2.24) is 4.90 Å². The molecule has 1 heterocycles. The second kappa shape index (κ2) is 6.25. The third-order valence-corrected chi connectivity index (χ3v) is 4.28. The van der Waals surface area contributed by atoms with Crippen LogP contribution in [0.2, 0.25) is 0 Å². The first kappa shape index (κ1) is 13.4. The van der Waals surface area contributed by atoms with E-state index >= 15 is 0 Å². The zero-order valence-electron chi connectivity index (χ0n) is 10.6. The van der Waals surface area contributed by atoms with Gasteiger partial charge in [0.05, 0.1) is 19.1 Å². The number of hydrogen-bond acceptors (Lipinski definition) is 3. The normalized spacial score (nSPS) is 19.2. The minimum Gasteiger partial charge on any atom is -0.394 e. The van der Waals surface area contributed by atoms with Crippen LogP contribution in [0.4, 0.5) is 0 Å². The molecule has 1 fully saturated rings. The summed E-state index contributed by atoms with van der Waals surface area (Å²) in [5.74, 6) is 0.132. The summed E-state index contributed by atoms with van der Waals surface area (Å²) >= 11 is 1.67. The zero-order chi connectivity index (χ0) is 13.0. The van der Waals surface area contributed by atoms with Crippen LogP contribution >= 0.6 is 11.8 Å². The van der Waals surface area contributed by atoms with Gasteiger partial charge in [-0.2, -0.15) is 0 Å². The van der Waals surface area contributed by atoms with Crippen molar-refractivity contribution < 1.29 is 9.90 Å². The molecule has 0 radical (unpaired) electrons. The number of amides is 1. The molecule has 18 heavy (non-hydrogen) atoms. The molecule has 1 saturated heterocycles. The molecule has 0 spiro atoms. The van der Waals surface area contributed by atoms with Gasteiger partial charge in [-0.1, -0.05) is 18.2 Å². The molecule has 98 valence electrons. The van der Waals surface area contributed by atoms with E-state index in [9.17, 15) is 9.90 Å². The number of likely N-dealkylation sites (tertiary alicyclic amines) is 1. The van der Waals surface area contributed by atoms with Gasteiger partial charge in [-0.15, -0.1) is 11.8 Å². The Morgan fingerprint density at radius 3 is 3.00 bits per heavy atom. The van der Waals surface area contributed by atoms with Crippen molar-refractivity contribution in [3.63, 3.8) is 0 Å². The average molecular weight is 265 g/mol. The van der Waals surface area contributed by atoms with E-state index in [2.05, 4.69) is 0 Å². The number of thioether (sulfide) groups is 1. The van der Waals surface area contributed by atoms with Crippen molar-refractivity contribution >= 4 is 17.7 Å². The van der Waals surface area contributed by atoms with Crippen molar-refractivity contribution in [1.29, 1.82) is 0 Å². The highest BCUT2D eigenvalue weighted by Gasteiger charge is 2.28. The molecule has 1 aliphatic rings. The van der Waals surface area contributed by atoms with E-state index in [1.54, 1.807) is 11.8 Å². The van der Waals surface area contributed by atoms with Crippen LogP contribution in [0.15, 0.2) is 29.2 Å². The molecule has 0 aliphatic carbocycles. The molecule has 1 amide bonds. The highest BCUT2D eigenvalue weighted by Crippen LogP contribution is 2.23. The summed E-state index contributed by atoms with van der Waals surface area (Å²) in [6, 6.07) is 8.04. The number of carbonyl (C=O) groups excluding carboxylic acids is 1. The Hall–Kier alpha value is -1.00. The molecule has 4 heteroatoms. The highest BCUT2D eigenvalue weighted by atomic mass is 32.2. The van der Waals surface area contributed by atoms with Crippen LogP contribution in [0.5, 0.6) is 0 Å². The lowest BCUT2D eigenvalue weighted by Crippen LogP contribution is -2.38. The van der Waals surface area contributed by atoms with E-state index in [1.807, 2.05) is 35.4 Å². The lowest BCUT2D eigenvalue weighted by Gasteiger charge is -2.23. The van der Waals surface area contributed by atoms with Gasteiger partial charge in [0.1, 0.15) is 0 Å². The first-order chi connectivity index (χ1) is 8.76. The summed E-state index contributed by atoms with van der Waals surface area (Å²) in [4.78, 5) is 15.2. The van der Waals surface area contributed by atoms with Gasteiger partial charge in [-0.25, -0.2) is 0 Å². The maximum absolute atomic E-state index is 12.3. The molecule has 0 saturated carbocycles. The fourth-order valence-corrected chi connectivity index (χ4v) is 3.08. The number of aliphatic hydroxyl groups excluding tert-OH is 1. The molecule has 0 bridgehead atoms. The Labute approximate surface area is 112 Å². The number of hydrogen-bond donors (Lipinski definition) is 1. The highest BCUT2D eigenvalue weighted by molar-refractivity contribution is 7.98. The molecule has 1 aromatic rings. The third-order valence-electron chi connectivity index (χ3n) is 3.44. The fraction of sp³-hybridized carbons (Fsp3) is 0.500. The number of carbonyl (C=O) groups is 1. The second-order valence-corrected chi connectivity index (χ2v) is 5.40. The summed E-state index contributed by atoms with van der Waals surface area (Å²) in [5, 5.41) is 9.25. The standard InChI is InChI=1S/C14H19NO2S/c1-18-13-7-3-2-5-11(13)9-14(17)15-8-4-6-12(15)10-16/h2-3,5,7,12,16H,4,6,8-10H2,1H3. The Balaban J connectivity index is 2.07. The first-order valence-corrected chi connectivity index (χ1v) is 7.51. The lowest BCUT2D eigenvalue weighted by atomic mass is 10.1. The molecule has 1 aromatic carbocycles. The molecule has 0 aromatic heterocycles. The van der Waals surface area contributed by atoms with Crippen LogP contribution in [-0.2, 0) is 11.2 Å². The molecule has 1 aliphatic heterocycles. The summed E-state index contributed by atoms with van der Waals surface area (Å²) in [6.07, 6.45) is 4.39. The summed E-state index contributed by atoms with van der Waals surface area (Å²) in [7, 11) is 0. The van der Waals surface area contributed by atoms with Crippen LogP contribution in [0.1, 0.15) is 18.4 Å². The van der Waals surface area contributed by atoms with E-state index in [0.717, 1.165) is 29.8 Å². The Kier molecular flexibility index (Phi) is 4.66. The minimum absolute atomic E-state index is 0.0268. The van der Waals surface area contributed by atoms with Crippen molar-refractivity contribution in [2.45, 2.75) is 30.2 Å². The number of rotatable bonds is 4. The first-order valence-electron chi connectivity index (χ1n) is 6.28. The van der Waals surface area contributed by atoms with E-state index in [1.165, 1.54) is 0 Å². The van der Waals surface area contributed by atoms with Crippen molar-refractivity contribution in [2.75, 3.05) is 19.4 Å². The summed E-state index contributed by atoms with van der Waals surface area (Å²) in [6.45, 7) is 0.863. The van der Waals surface area contributed by atoms with Crippen LogP contribution < -0.4 is 0 Å². The topological polar surface area (TPSA) is 40.5 Å². The van der Waals surface area contributed by atoms with Gasteiger partial charge >= 0.3 is 0 Å². The maximum atomic E-state index is 12.3. The van der Waals surface area contributed by atoms with Crippen LogP contribution in [0.3, 0.4) is 0 Å². The van der Waals surface area contributed by atoms with Crippen molar-refractivity contribution in [3.05, 3.63) is 29.8 Å². The smallest absolute Gasteiger partial charge is 0.227 e. The number of benzene rings is 1. The quantitative estimate of drug-likeness (QED) is 0.846. The molecule has 3 nitrogen and oxygen atoms in total. The molecule has 1 N–H and O–H groups in total. The zero-order valence-corrected chi connectivity index (χ0v) is 11.4. The van der Waals surface area contributed by atoms with Gasteiger partial charge in [0.25, 0.3) is 0 Å². The van der Waals surface area contributed by atoms with Crippen molar-refractivity contribution in [3.8, 4) is 0 Å².